The molecule has 2 N–H and O–H groups in total. The number of fused-ring (bicyclic) bond motifs is 1. The number of anilines is 1. The largest absolute Gasteiger partial charge is 0.507 e. The Labute approximate surface area is 172 Å². The first-order valence-electron chi connectivity index (χ1n) is 9.20. The summed E-state index contributed by atoms with van der Waals surface area (Å²) >= 11 is 1.29. The molecule has 3 aromatic rings. The lowest BCUT2D eigenvalue weighted by molar-refractivity contribution is -0.144. The van der Waals surface area contributed by atoms with E-state index in [2.05, 4.69) is 4.98 Å². The third-order valence-corrected chi connectivity index (χ3v) is 6.30. The standard InChI is InChI=1S/C22H20N2O4S/c1-24(21-23-17(13-29-21)16-8-4-5-9-18(16)25)20(28)22(12-19(26)27)10-14-6-2-3-7-15(14)11-22/h2-9,13,25H,10-12H2,1H3,(H,26,27). The lowest BCUT2D eigenvalue weighted by atomic mass is 9.80. The van der Waals surface area contributed by atoms with Gasteiger partial charge in [0, 0.05) is 18.0 Å². The molecule has 0 saturated heterocycles. The summed E-state index contributed by atoms with van der Waals surface area (Å²) in [6.07, 6.45) is 0.565. The van der Waals surface area contributed by atoms with Gasteiger partial charge in [-0.25, -0.2) is 4.98 Å². The molecule has 0 unspecified atom stereocenters. The number of para-hydroxylation sites is 1. The molecule has 29 heavy (non-hydrogen) atoms. The highest BCUT2D eigenvalue weighted by Crippen LogP contribution is 2.42. The number of benzene rings is 2. The van der Waals surface area contributed by atoms with Crippen molar-refractivity contribution in [1.82, 2.24) is 4.98 Å². The highest BCUT2D eigenvalue weighted by Gasteiger charge is 2.47. The topological polar surface area (TPSA) is 90.7 Å². The first kappa shape index (κ1) is 19.1. The van der Waals surface area contributed by atoms with Crippen molar-refractivity contribution in [2.24, 2.45) is 5.41 Å². The molecule has 4 rings (SSSR count). The fourth-order valence-corrected chi connectivity index (χ4v) is 4.80. The van der Waals surface area contributed by atoms with Gasteiger partial charge in [-0.1, -0.05) is 36.4 Å². The molecule has 7 heteroatoms. The molecule has 0 saturated carbocycles. The van der Waals surface area contributed by atoms with Crippen molar-refractivity contribution in [3.63, 3.8) is 0 Å². The number of hydrogen-bond acceptors (Lipinski definition) is 5. The Bertz CT molecular complexity index is 1070. The number of carboxylic acids is 1. The van der Waals surface area contributed by atoms with Gasteiger partial charge in [-0.05, 0) is 36.1 Å². The maximum absolute atomic E-state index is 13.5. The summed E-state index contributed by atoms with van der Waals surface area (Å²) in [7, 11) is 1.63. The van der Waals surface area contributed by atoms with Crippen molar-refractivity contribution in [3.05, 3.63) is 65.0 Å². The van der Waals surface area contributed by atoms with Crippen LogP contribution in [0.15, 0.2) is 53.9 Å². The van der Waals surface area contributed by atoms with Crippen LogP contribution < -0.4 is 4.90 Å². The molecule has 1 aromatic heterocycles. The van der Waals surface area contributed by atoms with Crippen LogP contribution >= 0.6 is 11.3 Å². The molecule has 148 valence electrons. The van der Waals surface area contributed by atoms with Crippen molar-refractivity contribution in [1.29, 1.82) is 0 Å². The van der Waals surface area contributed by atoms with Gasteiger partial charge in [-0.2, -0.15) is 0 Å². The number of amides is 1. The molecule has 1 aliphatic carbocycles. The van der Waals surface area contributed by atoms with Gasteiger partial charge in [-0.15, -0.1) is 11.3 Å². The second-order valence-electron chi connectivity index (χ2n) is 7.37. The van der Waals surface area contributed by atoms with Gasteiger partial charge in [0.2, 0.25) is 5.91 Å². The Morgan fingerprint density at radius 2 is 1.72 bits per heavy atom. The smallest absolute Gasteiger partial charge is 0.304 e. The number of carbonyl (C=O) groups is 2. The van der Waals surface area contributed by atoms with E-state index in [4.69, 9.17) is 0 Å². The van der Waals surface area contributed by atoms with Crippen LogP contribution in [0, 0.1) is 5.41 Å². The number of aliphatic carboxylic acids is 1. The van der Waals surface area contributed by atoms with Crippen LogP contribution in [0.25, 0.3) is 11.3 Å². The SMILES string of the molecule is CN(C(=O)C1(CC(=O)O)Cc2ccccc2C1)c1nc(-c2ccccc2O)cs1. The van der Waals surface area contributed by atoms with Crippen LogP contribution in [-0.4, -0.2) is 34.1 Å². The molecule has 1 aliphatic rings. The molecular weight excluding hydrogens is 388 g/mol. The minimum Gasteiger partial charge on any atom is -0.507 e. The predicted molar refractivity (Wildman–Crippen MR) is 111 cm³/mol. The monoisotopic (exact) mass is 408 g/mol. The van der Waals surface area contributed by atoms with Crippen LogP contribution in [0.4, 0.5) is 5.13 Å². The van der Waals surface area contributed by atoms with E-state index in [-0.39, 0.29) is 18.1 Å². The van der Waals surface area contributed by atoms with Crippen LogP contribution in [0.3, 0.4) is 0 Å². The molecule has 1 heterocycles. The fourth-order valence-electron chi connectivity index (χ4n) is 4.01. The van der Waals surface area contributed by atoms with E-state index in [1.54, 1.807) is 36.7 Å². The second-order valence-corrected chi connectivity index (χ2v) is 8.21. The normalized spacial score (nSPS) is 14.4. The molecule has 0 fully saturated rings. The van der Waals surface area contributed by atoms with E-state index in [0.29, 0.717) is 29.2 Å². The van der Waals surface area contributed by atoms with Crippen molar-refractivity contribution >= 4 is 28.3 Å². The van der Waals surface area contributed by atoms with Gasteiger partial charge in [-0.3, -0.25) is 14.5 Å². The first-order valence-corrected chi connectivity index (χ1v) is 10.1. The van der Waals surface area contributed by atoms with E-state index < -0.39 is 11.4 Å². The summed E-state index contributed by atoms with van der Waals surface area (Å²) in [5, 5.41) is 21.8. The predicted octanol–water partition coefficient (Wildman–Crippen LogP) is 3.74. The summed E-state index contributed by atoms with van der Waals surface area (Å²) in [6, 6.07) is 14.6. The number of phenolic OH excluding ortho intramolecular Hbond substituents is 1. The second kappa shape index (κ2) is 7.33. The number of phenols is 1. The van der Waals surface area contributed by atoms with E-state index in [1.807, 2.05) is 24.3 Å². The van der Waals surface area contributed by atoms with Crippen LogP contribution in [0.2, 0.25) is 0 Å². The van der Waals surface area contributed by atoms with Gasteiger partial charge in [0.15, 0.2) is 5.13 Å². The molecule has 0 radical (unpaired) electrons. The zero-order valence-electron chi connectivity index (χ0n) is 15.8. The maximum atomic E-state index is 13.5. The molecule has 0 aliphatic heterocycles. The van der Waals surface area contributed by atoms with Gasteiger partial charge >= 0.3 is 5.97 Å². The van der Waals surface area contributed by atoms with Crippen molar-refractivity contribution in [2.45, 2.75) is 19.3 Å². The summed E-state index contributed by atoms with van der Waals surface area (Å²) in [6.45, 7) is 0. The highest BCUT2D eigenvalue weighted by atomic mass is 32.1. The third kappa shape index (κ3) is 3.49. The zero-order valence-corrected chi connectivity index (χ0v) is 16.6. The Morgan fingerprint density at radius 1 is 1.10 bits per heavy atom. The third-order valence-electron chi connectivity index (χ3n) is 5.38. The lowest BCUT2D eigenvalue weighted by Crippen LogP contribution is -2.44. The lowest BCUT2D eigenvalue weighted by Gasteiger charge is -2.30. The van der Waals surface area contributed by atoms with Gasteiger partial charge < -0.3 is 10.2 Å². The Kier molecular flexibility index (Phi) is 4.84. The summed E-state index contributed by atoms with van der Waals surface area (Å²) < 4.78 is 0. The molecule has 0 bridgehead atoms. The van der Waals surface area contributed by atoms with Crippen molar-refractivity contribution < 1.29 is 19.8 Å². The van der Waals surface area contributed by atoms with E-state index in [9.17, 15) is 19.8 Å². The number of nitrogens with zero attached hydrogens (tertiary/aromatic N) is 2. The zero-order chi connectivity index (χ0) is 20.6. The number of carbonyl (C=O) groups excluding carboxylic acids is 1. The number of thiazole rings is 1. The molecule has 6 nitrogen and oxygen atoms in total. The number of aromatic hydroxyl groups is 1. The first-order chi connectivity index (χ1) is 13.9. The van der Waals surface area contributed by atoms with Crippen LogP contribution in [0.1, 0.15) is 17.5 Å². The van der Waals surface area contributed by atoms with Crippen molar-refractivity contribution in [2.75, 3.05) is 11.9 Å². The fraction of sp³-hybridized carbons (Fsp3) is 0.227. The number of aromatic nitrogens is 1. The van der Waals surface area contributed by atoms with Gasteiger partial charge in [0.25, 0.3) is 0 Å². The average molecular weight is 408 g/mol. The minimum absolute atomic E-state index is 0.118. The molecule has 2 aromatic carbocycles. The maximum Gasteiger partial charge on any atom is 0.304 e. The van der Waals surface area contributed by atoms with E-state index in [1.165, 1.54) is 16.2 Å². The number of rotatable bonds is 5. The molecule has 0 atom stereocenters. The molecule has 1 amide bonds. The minimum atomic E-state index is -1.02. The number of carboxylic acid groups (broad SMARTS) is 1. The van der Waals surface area contributed by atoms with Crippen molar-refractivity contribution in [3.8, 4) is 17.0 Å². The van der Waals surface area contributed by atoms with Crippen LogP contribution in [-0.2, 0) is 22.4 Å². The van der Waals surface area contributed by atoms with E-state index in [0.717, 1.165) is 11.1 Å². The quantitative estimate of drug-likeness (QED) is 0.671. The summed E-state index contributed by atoms with van der Waals surface area (Å²) in [4.78, 5) is 31.0. The van der Waals surface area contributed by atoms with Crippen LogP contribution in [0.5, 0.6) is 5.75 Å². The molecule has 0 spiro atoms. The van der Waals surface area contributed by atoms with Gasteiger partial charge in [0.05, 0.1) is 17.5 Å². The average Bonchev–Trinajstić information content (AvgIpc) is 3.31. The van der Waals surface area contributed by atoms with Gasteiger partial charge in [0.1, 0.15) is 5.75 Å². The molecular formula is C22H20N2O4S. The number of hydrogen-bond donors (Lipinski definition) is 2. The summed E-state index contributed by atoms with van der Waals surface area (Å²) in [5.41, 5.74) is 2.17. The van der Waals surface area contributed by atoms with E-state index >= 15 is 0 Å². The Balaban J connectivity index is 1.64. The summed E-state index contributed by atoms with van der Waals surface area (Å²) in [5.74, 6) is -1.13. The highest BCUT2D eigenvalue weighted by molar-refractivity contribution is 7.14. The Hall–Kier alpha value is -3.19. The Morgan fingerprint density at radius 3 is 2.34 bits per heavy atom.